The van der Waals surface area contributed by atoms with Crippen LogP contribution in [0.25, 0.3) is 0 Å². The van der Waals surface area contributed by atoms with Gasteiger partial charge in [-0.15, -0.1) is 0 Å². The van der Waals surface area contributed by atoms with Crippen LogP contribution in [-0.4, -0.2) is 40.1 Å². The fraction of sp³-hybridized carbons (Fsp3) is 0.278. The average Bonchev–Trinajstić information content (AvgIpc) is 2.88. The number of carbonyl (C=O) groups excluding carboxylic acids is 1. The fourth-order valence-electron chi connectivity index (χ4n) is 2.93. The molecular weight excluding hydrogens is 420 g/mol. The van der Waals surface area contributed by atoms with Crippen molar-refractivity contribution < 1.29 is 30.9 Å². The van der Waals surface area contributed by atoms with Crippen molar-refractivity contribution in [2.45, 2.75) is 19.8 Å². The van der Waals surface area contributed by atoms with Crippen LogP contribution in [0, 0.1) is 0 Å². The van der Waals surface area contributed by atoms with E-state index in [1.807, 2.05) is 4.72 Å². The molecule has 0 unspecified atom stereocenters. The second-order valence-corrected chi connectivity index (χ2v) is 9.77. The number of anilines is 1. The van der Waals surface area contributed by atoms with Gasteiger partial charge in [0.1, 0.15) is 18.0 Å². The second-order valence-electron chi connectivity index (χ2n) is 6.49. The number of carbonyl (C=O) groups is 1. The number of rotatable bonds is 7. The van der Waals surface area contributed by atoms with Gasteiger partial charge in [0, 0.05) is 12.0 Å². The maximum atomic E-state index is 12.0. The normalized spacial score (nSPS) is 15.9. The number of amides is 1. The molecule has 2 aromatic carbocycles. The summed E-state index contributed by atoms with van der Waals surface area (Å²) in [5.74, 6) is -0.915. The van der Waals surface area contributed by atoms with Crippen LogP contribution in [0.3, 0.4) is 0 Å². The largest absolute Gasteiger partial charge is 0.506 e. The van der Waals surface area contributed by atoms with E-state index >= 15 is 0 Å². The molecular formula is C18H20N2O7S2. The van der Waals surface area contributed by atoms with E-state index in [1.54, 1.807) is 37.3 Å². The minimum atomic E-state index is -4.03. The summed E-state index contributed by atoms with van der Waals surface area (Å²) in [7, 11) is -7.73. The van der Waals surface area contributed by atoms with Crippen LogP contribution in [-0.2, 0) is 31.5 Å². The van der Waals surface area contributed by atoms with Gasteiger partial charge in [0.15, 0.2) is 0 Å². The van der Waals surface area contributed by atoms with E-state index in [-0.39, 0.29) is 29.4 Å². The predicted octanol–water partition coefficient (Wildman–Crippen LogP) is 1.28. The molecule has 1 aliphatic rings. The molecule has 0 radical (unpaired) electrons. The molecule has 1 amide bonds. The summed E-state index contributed by atoms with van der Waals surface area (Å²) in [6.45, 7) is 1.32. The maximum absolute atomic E-state index is 12.0. The lowest BCUT2D eigenvalue weighted by Gasteiger charge is -2.17. The molecule has 0 saturated carbocycles. The van der Waals surface area contributed by atoms with Gasteiger partial charge in [0.05, 0.1) is 11.4 Å². The molecule has 0 atom stereocenters. The Bertz CT molecular complexity index is 1140. The number of phenols is 1. The topological polar surface area (TPSA) is 130 Å². The Labute approximate surface area is 169 Å². The number of phenolic OH excluding ortho intramolecular Hbond substituents is 1. The average molecular weight is 440 g/mol. The molecule has 1 heterocycles. The molecule has 2 N–H and O–H groups in total. The van der Waals surface area contributed by atoms with Gasteiger partial charge in [-0.2, -0.15) is 16.8 Å². The van der Waals surface area contributed by atoms with Crippen molar-refractivity contribution in [3.8, 4) is 11.5 Å². The first-order valence-electron chi connectivity index (χ1n) is 8.76. The van der Waals surface area contributed by atoms with E-state index in [1.165, 1.54) is 12.1 Å². The SMILES string of the molecule is CCCS(=O)(=O)Oc1ccccc1Cc1ccc(N2CC(=O)NS2(=O)=O)c(O)c1. The van der Waals surface area contributed by atoms with E-state index in [0.29, 0.717) is 17.5 Å². The fourth-order valence-corrected chi connectivity index (χ4v) is 5.11. The van der Waals surface area contributed by atoms with E-state index in [2.05, 4.69) is 0 Å². The summed E-state index contributed by atoms with van der Waals surface area (Å²) in [4.78, 5) is 11.4. The number of aromatic hydroxyl groups is 1. The highest BCUT2D eigenvalue weighted by Crippen LogP contribution is 2.33. The Balaban J connectivity index is 1.86. The van der Waals surface area contributed by atoms with Crippen molar-refractivity contribution in [3.05, 3.63) is 53.6 Å². The lowest BCUT2D eigenvalue weighted by atomic mass is 10.0. The van der Waals surface area contributed by atoms with E-state index in [4.69, 9.17) is 4.18 Å². The monoisotopic (exact) mass is 440 g/mol. The van der Waals surface area contributed by atoms with Crippen LogP contribution in [0.4, 0.5) is 5.69 Å². The Hall–Kier alpha value is -2.79. The Morgan fingerprint density at radius 2 is 1.93 bits per heavy atom. The second kappa shape index (κ2) is 7.91. The van der Waals surface area contributed by atoms with Crippen LogP contribution >= 0.6 is 0 Å². The van der Waals surface area contributed by atoms with Crippen molar-refractivity contribution in [2.24, 2.45) is 0 Å². The predicted molar refractivity (Wildman–Crippen MR) is 106 cm³/mol. The summed E-state index contributed by atoms with van der Waals surface area (Å²) in [5, 5.41) is 10.3. The zero-order valence-electron chi connectivity index (χ0n) is 15.5. The highest BCUT2D eigenvalue weighted by atomic mass is 32.2. The molecule has 156 valence electrons. The number of nitrogens with zero attached hydrogens (tertiary/aromatic N) is 1. The zero-order valence-corrected chi connectivity index (χ0v) is 17.2. The van der Waals surface area contributed by atoms with Crippen molar-refractivity contribution in [1.82, 2.24) is 4.72 Å². The Kier molecular flexibility index (Phi) is 5.71. The molecule has 0 aliphatic carbocycles. The molecule has 9 nitrogen and oxygen atoms in total. The van der Waals surface area contributed by atoms with Gasteiger partial charge in [-0.1, -0.05) is 31.2 Å². The number of nitrogens with one attached hydrogen (secondary N) is 1. The third kappa shape index (κ3) is 4.80. The van der Waals surface area contributed by atoms with Crippen molar-refractivity contribution >= 4 is 31.9 Å². The minimum Gasteiger partial charge on any atom is -0.506 e. The Morgan fingerprint density at radius 1 is 1.21 bits per heavy atom. The number of hydrogen-bond donors (Lipinski definition) is 2. The van der Waals surface area contributed by atoms with Crippen molar-refractivity contribution in [3.63, 3.8) is 0 Å². The molecule has 0 aromatic heterocycles. The molecule has 2 aromatic rings. The molecule has 3 rings (SSSR count). The van der Waals surface area contributed by atoms with Gasteiger partial charge in [0.25, 0.3) is 5.91 Å². The molecule has 1 saturated heterocycles. The quantitative estimate of drug-likeness (QED) is 0.620. The number of benzene rings is 2. The zero-order chi connectivity index (χ0) is 21.2. The first-order chi connectivity index (χ1) is 13.6. The first-order valence-corrected chi connectivity index (χ1v) is 11.8. The van der Waals surface area contributed by atoms with E-state index in [0.717, 1.165) is 4.31 Å². The highest BCUT2D eigenvalue weighted by molar-refractivity contribution is 7.92. The van der Waals surface area contributed by atoms with Gasteiger partial charge in [0.2, 0.25) is 0 Å². The summed E-state index contributed by atoms with van der Waals surface area (Å²) < 4.78 is 55.7. The lowest BCUT2D eigenvalue weighted by Crippen LogP contribution is -2.29. The van der Waals surface area contributed by atoms with Crippen molar-refractivity contribution in [2.75, 3.05) is 16.6 Å². The van der Waals surface area contributed by atoms with Crippen LogP contribution in [0.5, 0.6) is 11.5 Å². The summed E-state index contributed by atoms with van der Waals surface area (Å²) in [6, 6.07) is 11.0. The van der Waals surface area contributed by atoms with Gasteiger partial charge in [-0.25, -0.2) is 9.03 Å². The molecule has 0 spiro atoms. The van der Waals surface area contributed by atoms with Gasteiger partial charge in [-0.3, -0.25) is 4.79 Å². The molecule has 1 fully saturated rings. The van der Waals surface area contributed by atoms with E-state index in [9.17, 15) is 26.7 Å². The summed E-state index contributed by atoms with van der Waals surface area (Å²) >= 11 is 0. The third-order valence-corrected chi connectivity index (χ3v) is 6.90. The van der Waals surface area contributed by atoms with Gasteiger partial charge >= 0.3 is 20.3 Å². The number of para-hydroxylation sites is 1. The molecule has 29 heavy (non-hydrogen) atoms. The minimum absolute atomic E-state index is 0.0258. The summed E-state index contributed by atoms with van der Waals surface area (Å²) in [6.07, 6.45) is 0.673. The first kappa shape index (κ1) is 20.9. The van der Waals surface area contributed by atoms with E-state index < -0.39 is 32.8 Å². The van der Waals surface area contributed by atoms with Gasteiger partial charge in [-0.05, 0) is 30.2 Å². The summed E-state index contributed by atoms with van der Waals surface area (Å²) in [5.41, 5.74) is 1.16. The molecule has 1 aliphatic heterocycles. The van der Waals surface area contributed by atoms with Crippen molar-refractivity contribution in [1.29, 1.82) is 0 Å². The van der Waals surface area contributed by atoms with Gasteiger partial charge < -0.3 is 9.29 Å². The Morgan fingerprint density at radius 3 is 2.55 bits per heavy atom. The maximum Gasteiger partial charge on any atom is 0.326 e. The van der Waals surface area contributed by atoms with Crippen LogP contribution in [0.2, 0.25) is 0 Å². The highest BCUT2D eigenvalue weighted by Gasteiger charge is 2.35. The smallest absolute Gasteiger partial charge is 0.326 e. The molecule has 11 heteroatoms. The molecule has 0 bridgehead atoms. The van der Waals surface area contributed by atoms with Crippen LogP contribution in [0.1, 0.15) is 24.5 Å². The van der Waals surface area contributed by atoms with Crippen LogP contribution in [0.15, 0.2) is 42.5 Å². The lowest BCUT2D eigenvalue weighted by molar-refractivity contribution is -0.117. The number of hydrogen-bond acceptors (Lipinski definition) is 7. The third-order valence-electron chi connectivity index (χ3n) is 4.17. The van der Waals surface area contributed by atoms with Crippen LogP contribution < -0.4 is 13.2 Å². The standard InChI is InChI=1S/C18H20N2O7S2/c1-2-9-28(23,24)27-17-6-4-3-5-14(17)10-13-7-8-15(16(21)11-13)20-12-18(22)19-29(20,25)26/h3-8,11,21H,2,9-10,12H2,1H3,(H,19,22).